The Morgan fingerprint density at radius 3 is 2.26 bits per heavy atom. The van der Waals surface area contributed by atoms with E-state index in [1.54, 1.807) is 19.1 Å². The fourth-order valence-electron chi connectivity index (χ4n) is 2.40. The van der Waals surface area contributed by atoms with Crippen molar-refractivity contribution >= 4 is 50.5 Å². The van der Waals surface area contributed by atoms with Crippen LogP contribution in [0.4, 0.5) is 0 Å². The quantitative estimate of drug-likeness (QED) is 0.317. The van der Waals surface area contributed by atoms with Gasteiger partial charge in [0.1, 0.15) is 4.90 Å². The summed E-state index contributed by atoms with van der Waals surface area (Å²) in [7, 11) is -3.81. The van der Waals surface area contributed by atoms with Crippen LogP contribution in [0, 0.1) is 0 Å². The summed E-state index contributed by atoms with van der Waals surface area (Å²) in [5.41, 5.74) is 0.661. The molecule has 0 aliphatic heterocycles. The van der Waals surface area contributed by atoms with E-state index in [-0.39, 0.29) is 30.4 Å². The van der Waals surface area contributed by atoms with Gasteiger partial charge in [-0.3, -0.25) is 4.18 Å². The monoisotopic (exact) mass is 319 g/mol. The van der Waals surface area contributed by atoms with Crippen LogP contribution in [0.5, 0.6) is 0 Å². The van der Waals surface area contributed by atoms with Gasteiger partial charge in [-0.25, -0.2) is 0 Å². The summed E-state index contributed by atoms with van der Waals surface area (Å²) in [4.78, 5) is 0.192. The maximum Gasteiger partial charge on any atom is 0.297 e. The van der Waals surface area contributed by atoms with E-state index >= 15 is 0 Å². The molecule has 0 aliphatic rings. The predicted octanol–water partition coefficient (Wildman–Crippen LogP) is 3.89. The molecule has 0 bridgehead atoms. The van der Waals surface area contributed by atoms with Crippen molar-refractivity contribution in [1.29, 1.82) is 0 Å². The Balaban J connectivity index is 0.00000192. The van der Waals surface area contributed by atoms with Crippen molar-refractivity contribution in [2.75, 3.05) is 6.61 Å². The molecule has 0 heterocycles. The van der Waals surface area contributed by atoms with Crippen molar-refractivity contribution in [1.82, 2.24) is 0 Å². The molecular weight excluding hydrogens is 303 g/mol. The van der Waals surface area contributed by atoms with Gasteiger partial charge >= 0.3 is 0 Å². The molecule has 0 aromatic heterocycles. The summed E-state index contributed by atoms with van der Waals surface area (Å²) in [5.74, 6) is 0. The standard InChI is InChI=1S/C18H16O3S.Li/c1-13(2)12-21-22(19,20)18-9-5-8-16-10-14-6-3-4-7-15(14)11-17(16)18;/h3-11H,1,12H2,2H3;. The Kier molecular flexibility index (Phi) is 5.33. The molecule has 0 saturated carbocycles. The molecule has 0 aliphatic carbocycles. The smallest absolute Gasteiger partial charge is 0.262 e. The van der Waals surface area contributed by atoms with Crippen molar-refractivity contribution in [2.24, 2.45) is 0 Å². The molecule has 0 amide bonds. The summed E-state index contributed by atoms with van der Waals surface area (Å²) >= 11 is 0. The second-order valence-corrected chi connectivity index (χ2v) is 6.93. The van der Waals surface area contributed by atoms with Crippen molar-refractivity contribution in [3.8, 4) is 0 Å². The van der Waals surface area contributed by atoms with Gasteiger partial charge in [-0.05, 0) is 41.3 Å². The zero-order chi connectivity index (χ0) is 15.7. The van der Waals surface area contributed by atoms with Gasteiger partial charge < -0.3 is 0 Å². The summed E-state index contributed by atoms with van der Waals surface area (Å²) in [5, 5.41) is 3.62. The molecule has 113 valence electrons. The van der Waals surface area contributed by atoms with Gasteiger partial charge in [0.05, 0.1) is 6.61 Å². The van der Waals surface area contributed by atoms with E-state index in [4.69, 9.17) is 4.18 Å². The van der Waals surface area contributed by atoms with Gasteiger partial charge in [0.25, 0.3) is 10.1 Å². The molecule has 3 rings (SSSR count). The first-order valence-electron chi connectivity index (χ1n) is 6.93. The second-order valence-electron chi connectivity index (χ2n) is 5.35. The van der Waals surface area contributed by atoms with Gasteiger partial charge in [-0.1, -0.05) is 48.6 Å². The average molecular weight is 319 g/mol. The molecule has 0 saturated heterocycles. The Hall–Kier alpha value is -1.57. The first-order valence-corrected chi connectivity index (χ1v) is 8.33. The van der Waals surface area contributed by atoms with E-state index in [2.05, 4.69) is 6.58 Å². The topological polar surface area (TPSA) is 43.4 Å². The second kappa shape index (κ2) is 6.90. The molecule has 0 unspecified atom stereocenters. The van der Waals surface area contributed by atoms with Gasteiger partial charge in [-0.2, -0.15) is 8.42 Å². The van der Waals surface area contributed by atoms with Gasteiger partial charge in [0.2, 0.25) is 0 Å². The molecule has 0 atom stereocenters. The predicted molar refractivity (Wildman–Crippen MR) is 95.2 cm³/mol. The minimum Gasteiger partial charge on any atom is -0.262 e. The minimum absolute atomic E-state index is 0. The van der Waals surface area contributed by atoms with E-state index in [1.165, 1.54) is 0 Å². The third kappa shape index (κ3) is 3.68. The van der Waals surface area contributed by atoms with Crippen LogP contribution in [0.3, 0.4) is 0 Å². The third-order valence-corrected chi connectivity index (χ3v) is 4.76. The molecule has 0 spiro atoms. The van der Waals surface area contributed by atoms with Crippen LogP contribution in [0.1, 0.15) is 6.92 Å². The first kappa shape index (κ1) is 17.8. The van der Waals surface area contributed by atoms with Gasteiger partial charge in [0.15, 0.2) is 0 Å². The Morgan fingerprint density at radius 2 is 1.61 bits per heavy atom. The molecule has 0 fully saturated rings. The Labute approximate surface area is 148 Å². The fraction of sp³-hybridized carbons (Fsp3) is 0.111. The number of hydrogen-bond donors (Lipinski definition) is 0. The van der Waals surface area contributed by atoms with Crippen LogP contribution in [0.25, 0.3) is 21.5 Å². The molecule has 5 heteroatoms. The summed E-state index contributed by atoms with van der Waals surface area (Å²) in [6.45, 7) is 5.39. The normalized spacial score (nSPS) is 11.3. The van der Waals surface area contributed by atoms with Crippen LogP contribution >= 0.6 is 0 Å². The SMILES string of the molecule is C=C(C)COS(=O)(=O)c1cccc2cc3ccccc3cc12.[Li]. The molecule has 0 N–H and O–H groups in total. The molecular formula is C18H16LiO3S. The molecule has 23 heavy (non-hydrogen) atoms. The fourth-order valence-corrected chi connectivity index (χ4v) is 3.57. The van der Waals surface area contributed by atoms with E-state index in [9.17, 15) is 8.42 Å². The molecule has 3 nitrogen and oxygen atoms in total. The maximum absolute atomic E-state index is 12.4. The van der Waals surface area contributed by atoms with Crippen LogP contribution in [0.15, 0.2) is 71.6 Å². The van der Waals surface area contributed by atoms with E-state index < -0.39 is 10.1 Å². The van der Waals surface area contributed by atoms with E-state index in [0.717, 1.165) is 16.2 Å². The molecule has 1 radical (unpaired) electrons. The zero-order valence-corrected chi connectivity index (χ0v) is 14.1. The van der Waals surface area contributed by atoms with E-state index in [1.807, 2.05) is 42.5 Å². The Morgan fingerprint density at radius 1 is 1.00 bits per heavy atom. The first-order chi connectivity index (χ1) is 10.5. The van der Waals surface area contributed by atoms with Gasteiger partial charge in [0, 0.05) is 24.2 Å². The summed E-state index contributed by atoms with van der Waals surface area (Å²) < 4.78 is 29.9. The van der Waals surface area contributed by atoms with Crippen molar-refractivity contribution in [2.45, 2.75) is 11.8 Å². The van der Waals surface area contributed by atoms with Crippen LogP contribution in [0.2, 0.25) is 0 Å². The van der Waals surface area contributed by atoms with Crippen LogP contribution < -0.4 is 0 Å². The van der Waals surface area contributed by atoms with E-state index in [0.29, 0.717) is 11.0 Å². The minimum atomic E-state index is -3.81. The number of fused-ring (bicyclic) bond motifs is 2. The number of hydrogen-bond acceptors (Lipinski definition) is 3. The molecule has 3 aromatic carbocycles. The molecule has 3 aromatic rings. The van der Waals surface area contributed by atoms with Crippen LogP contribution in [-0.4, -0.2) is 33.9 Å². The Bertz CT molecular complexity index is 978. The zero-order valence-electron chi connectivity index (χ0n) is 13.2. The summed E-state index contributed by atoms with van der Waals surface area (Å²) in [6.07, 6.45) is 0. The van der Waals surface area contributed by atoms with Crippen molar-refractivity contribution < 1.29 is 12.6 Å². The van der Waals surface area contributed by atoms with Crippen LogP contribution in [-0.2, 0) is 14.3 Å². The van der Waals surface area contributed by atoms with Crippen molar-refractivity contribution in [3.05, 3.63) is 66.7 Å². The number of benzene rings is 3. The number of rotatable bonds is 4. The third-order valence-electron chi connectivity index (χ3n) is 3.44. The average Bonchev–Trinajstić information content (AvgIpc) is 2.50. The maximum atomic E-state index is 12.4. The van der Waals surface area contributed by atoms with Crippen molar-refractivity contribution in [3.63, 3.8) is 0 Å². The largest absolute Gasteiger partial charge is 0.297 e. The van der Waals surface area contributed by atoms with Gasteiger partial charge in [-0.15, -0.1) is 0 Å². The summed E-state index contributed by atoms with van der Waals surface area (Å²) in [6, 6.07) is 17.0.